The van der Waals surface area contributed by atoms with E-state index < -0.39 is 18.1 Å². The summed E-state index contributed by atoms with van der Waals surface area (Å²) in [4.78, 5) is 38.4. The van der Waals surface area contributed by atoms with Crippen LogP contribution in [0.25, 0.3) is 11.1 Å². The first-order chi connectivity index (χ1) is 16.0. The molecule has 4 rings (SSSR count). The van der Waals surface area contributed by atoms with Crippen molar-refractivity contribution in [2.24, 2.45) is 0 Å². The Morgan fingerprint density at radius 1 is 1.12 bits per heavy atom. The van der Waals surface area contributed by atoms with E-state index in [0.29, 0.717) is 19.8 Å². The number of alkyl carbamates (subject to hydrolysis) is 1. The van der Waals surface area contributed by atoms with E-state index in [4.69, 9.17) is 14.6 Å². The average Bonchev–Trinajstić information content (AvgIpc) is 3.14. The maximum atomic E-state index is 13.1. The molecule has 2 aliphatic rings. The van der Waals surface area contributed by atoms with Crippen LogP contribution >= 0.6 is 0 Å². The molecule has 1 aliphatic carbocycles. The second-order valence-electron chi connectivity index (χ2n) is 8.41. The summed E-state index contributed by atoms with van der Waals surface area (Å²) in [7, 11) is 0. The number of hydrogen-bond acceptors (Lipinski definition) is 5. The Kier molecular flexibility index (Phi) is 6.93. The summed E-state index contributed by atoms with van der Waals surface area (Å²) in [5.41, 5.74) is 4.43. The topological polar surface area (TPSA) is 105 Å². The molecule has 1 unspecified atom stereocenters. The third-order valence-corrected chi connectivity index (χ3v) is 6.23. The number of carboxylic acids is 1. The molecule has 33 heavy (non-hydrogen) atoms. The van der Waals surface area contributed by atoms with Crippen LogP contribution in [0.15, 0.2) is 48.5 Å². The van der Waals surface area contributed by atoms with Crippen LogP contribution in [0, 0.1) is 0 Å². The molecule has 2 atom stereocenters. The molecule has 2 N–H and O–H groups in total. The standard InChI is InChI=1S/C25H28N2O6/c1-16-14-32-13-12-27(16)24(30)22(10-11-23(28)29)26-25(31)33-15-21-19-8-4-2-6-17(19)18-7-3-5-9-20(18)21/h2-9,16,21-22H,10-15H2,1H3,(H,26,31)(H,28,29)/t16-,22?/m1/s1. The predicted molar refractivity (Wildman–Crippen MR) is 121 cm³/mol. The quantitative estimate of drug-likeness (QED) is 0.669. The van der Waals surface area contributed by atoms with Gasteiger partial charge >= 0.3 is 12.1 Å². The molecular formula is C25H28N2O6. The van der Waals surface area contributed by atoms with Gasteiger partial charge in [-0.15, -0.1) is 0 Å². The summed E-state index contributed by atoms with van der Waals surface area (Å²) in [6.07, 6.45) is -0.983. The maximum Gasteiger partial charge on any atom is 0.407 e. The molecular weight excluding hydrogens is 424 g/mol. The first-order valence-electron chi connectivity index (χ1n) is 11.2. The Morgan fingerprint density at radius 3 is 2.36 bits per heavy atom. The monoisotopic (exact) mass is 452 g/mol. The van der Waals surface area contributed by atoms with E-state index in [1.165, 1.54) is 0 Å². The Labute approximate surface area is 192 Å². The van der Waals surface area contributed by atoms with Crippen molar-refractivity contribution in [3.05, 3.63) is 59.7 Å². The fourth-order valence-corrected chi connectivity index (χ4v) is 4.56. The molecule has 1 saturated heterocycles. The highest BCUT2D eigenvalue weighted by Crippen LogP contribution is 2.44. The Balaban J connectivity index is 1.43. The number of ether oxygens (including phenoxy) is 2. The van der Waals surface area contributed by atoms with Gasteiger partial charge in [0.25, 0.3) is 0 Å². The first kappa shape index (κ1) is 22.8. The molecule has 174 valence electrons. The highest BCUT2D eigenvalue weighted by molar-refractivity contribution is 5.86. The minimum atomic E-state index is -1.03. The summed E-state index contributed by atoms with van der Waals surface area (Å²) >= 11 is 0. The molecule has 1 aliphatic heterocycles. The minimum Gasteiger partial charge on any atom is -0.481 e. The van der Waals surface area contributed by atoms with Crippen molar-refractivity contribution in [3.63, 3.8) is 0 Å². The molecule has 0 spiro atoms. The van der Waals surface area contributed by atoms with Crippen molar-refractivity contribution >= 4 is 18.0 Å². The van der Waals surface area contributed by atoms with Gasteiger partial charge in [0.1, 0.15) is 12.6 Å². The van der Waals surface area contributed by atoms with Gasteiger partial charge < -0.3 is 24.8 Å². The Bertz CT molecular complexity index is 994. The lowest BCUT2D eigenvalue weighted by molar-refractivity contribution is -0.142. The number of carbonyl (C=O) groups is 3. The summed E-state index contributed by atoms with van der Waals surface area (Å²) in [6.45, 7) is 3.19. The molecule has 0 radical (unpaired) electrons. The van der Waals surface area contributed by atoms with Crippen molar-refractivity contribution in [1.82, 2.24) is 10.2 Å². The van der Waals surface area contributed by atoms with Crippen molar-refractivity contribution in [2.45, 2.75) is 37.8 Å². The number of carbonyl (C=O) groups excluding carboxylic acids is 2. The van der Waals surface area contributed by atoms with Gasteiger partial charge in [0.15, 0.2) is 0 Å². The van der Waals surface area contributed by atoms with Crippen molar-refractivity contribution < 1.29 is 29.0 Å². The summed E-state index contributed by atoms with van der Waals surface area (Å²) in [5.74, 6) is -1.45. The van der Waals surface area contributed by atoms with Crippen LogP contribution in [0.2, 0.25) is 0 Å². The second-order valence-corrected chi connectivity index (χ2v) is 8.41. The van der Waals surface area contributed by atoms with Crippen LogP contribution in [0.5, 0.6) is 0 Å². The average molecular weight is 453 g/mol. The first-order valence-corrected chi connectivity index (χ1v) is 11.2. The van der Waals surface area contributed by atoms with Crippen LogP contribution in [0.1, 0.15) is 36.8 Å². The number of hydrogen-bond donors (Lipinski definition) is 2. The van der Waals surface area contributed by atoms with Gasteiger partial charge in [-0.3, -0.25) is 9.59 Å². The van der Waals surface area contributed by atoms with E-state index >= 15 is 0 Å². The SMILES string of the molecule is C[C@@H]1COCCN1C(=O)C(CCC(=O)O)NC(=O)OCC1c2ccccc2-c2ccccc21. The van der Waals surface area contributed by atoms with Gasteiger partial charge in [-0.25, -0.2) is 4.79 Å². The zero-order chi connectivity index (χ0) is 23.4. The molecule has 8 heteroatoms. The molecule has 2 aromatic carbocycles. The molecule has 0 saturated carbocycles. The lowest BCUT2D eigenvalue weighted by Gasteiger charge is -2.35. The number of fused-ring (bicyclic) bond motifs is 3. The molecule has 0 aromatic heterocycles. The molecule has 8 nitrogen and oxygen atoms in total. The minimum absolute atomic E-state index is 0.0115. The lowest BCUT2D eigenvalue weighted by Crippen LogP contribution is -2.55. The van der Waals surface area contributed by atoms with E-state index in [1.807, 2.05) is 43.3 Å². The maximum absolute atomic E-state index is 13.1. The normalized spacial score (nSPS) is 18.2. The number of carboxylic acid groups (broad SMARTS) is 1. The highest BCUT2D eigenvalue weighted by atomic mass is 16.5. The number of rotatable bonds is 7. The van der Waals surface area contributed by atoms with Crippen molar-refractivity contribution in [1.29, 1.82) is 0 Å². The Morgan fingerprint density at radius 2 is 1.76 bits per heavy atom. The molecule has 1 heterocycles. The summed E-state index contributed by atoms with van der Waals surface area (Å²) in [5, 5.41) is 11.7. The molecule has 2 aromatic rings. The van der Waals surface area contributed by atoms with E-state index in [9.17, 15) is 14.4 Å². The number of aliphatic carboxylic acids is 1. The van der Waals surface area contributed by atoms with E-state index in [2.05, 4.69) is 17.4 Å². The van der Waals surface area contributed by atoms with Crippen LogP contribution in [-0.2, 0) is 19.1 Å². The second kappa shape index (κ2) is 10.0. The number of morpholine rings is 1. The number of benzene rings is 2. The van der Waals surface area contributed by atoms with Crippen LogP contribution in [0.3, 0.4) is 0 Å². The predicted octanol–water partition coefficient (Wildman–Crippen LogP) is 3.01. The highest BCUT2D eigenvalue weighted by Gasteiger charge is 2.33. The van der Waals surface area contributed by atoms with Crippen LogP contribution < -0.4 is 5.32 Å². The largest absolute Gasteiger partial charge is 0.481 e. The van der Waals surface area contributed by atoms with Crippen molar-refractivity contribution in [2.75, 3.05) is 26.4 Å². The van der Waals surface area contributed by atoms with Gasteiger partial charge in [-0.2, -0.15) is 0 Å². The van der Waals surface area contributed by atoms with E-state index in [0.717, 1.165) is 22.3 Å². The van der Waals surface area contributed by atoms with E-state index in [-0.39, 0.29) is 37.3 Å². The fourth-order valence-electron chi connectivity index (χ4n) is 4.56. The van der Waals surface area contributed by atoms with Gasteiger partial charge in [0, 0.05) is 18.9 Å². The fraction of sp³-hybridized carbons (Fsp3) is 0.400. The zero-order valence-electron chi connectivity index (χ0n) is 18.5. The van der Waals surface area contributed by atoms with Gasteiger partial charge in [-0.05, 0) is 35.6 Å². The van der Waals surface area contributed by atoms with Gasteiger partial charge in [-0.1, -0.05) is 48.5 Å². The third kappa shape index (κ3) is 5.01. The van der Waals surface area contributed by atoms with E-state index in [1.54, 1.807) is 4.90 Å². The van der Waals surface area contributed by atoms with Gasteiger partial charge in [0.2, 0.25) is 5.91 Å². The zero-order valence-corrected chi connectivity index (χ0v) is 18.5. The van der Waals surface area contributed by atoms with Gasteiger partial charge in [0.05, 0.1) is 19.3 Å². The molecule has 0 bridgehead atoms. The lowest BCUT2D eigenvalue weighted by atomic mass is 9.98. The Hall–Kier alpha value is -3.39. The number of nitrogens with one attached hydrogen (secondary N) is 1. The molecule has 1 fully saturated rings. The smallest absolute Gasteiger partial charge is 0.407 e. The third-order valence-electron chi connectivity index (χ3n) is 6.23. The van der Waals surface area contributed by atoms with Crippen LogP contribution in [0.4, 0.5) is 4.79 Å². The van der Waals surface area contributed by atoms with Crippen molar-refractivity contribution in [3.8, 4) is 11.1 Å². The summed E-state index contributed by atoms with van der Waals surface area (Å²) in [6, 6.07) is 14.9. The number of nitrogens with zero attached hydrogens (tertiary/aromatic N) is 1. The summed E-state index contributed by atoms with van der Waals surface area (Å²) < 4.78 is 10.9. The van der Waals surface area contributed by atoms with Crippen LogP contribution in [-0.4, -0.2) is 66.4 Å². The molecule has 2 amide bonds. The number of amides is 2.